The molecule has 3 atom stereocenters. The first-order valence-electron chi connectivity index (χ1n) is 15.9. The van der Waals surface area contributed by atoms with Crippen molar-refractivity contribution in [2.75, 3.05) is 37.1 Å². The molecule has 5 rings (SSSR count). The van der Waals surface area contributed by atoms with Crippen LogP contribution in [0.5, 0.6) is 11.5 Å². The van der Waals surface area contributed by atoms with E-state index in [-0.39, 0.29) is 11.9 Å². The van der Waals surface area contributed by atoms with Crippen LogP contribution < -0.4 is 24.6 Å². The summed E-state index contributed by atoms with van der Waals surface area (Å²) in [5.41, 5.74) is 4.67. The molecule has 8 heteroatoms. The first-order valence-corrected chi connectivity index (χ1v) is 15.9. The van der Waals surface area contributed by atoms with Gasteiger partial charge in [-0.3, -0.25) is 4.79 Å². The Bertz CT molecular complexity index is 1440. The average Bonchev–Trinajstić information content (AvgIpc) is 3.27. The number of aryl methyl sites for hydroxylation is 1. The first kappa shape index (κ1) is 31.2. The van der Waals surface area contributed by atoms with E-state index in [2.05, 4.69) is 47.5 Å². The number of hydrogen-bond acceptors (Lipinski definition) is 6. The first-order chi connectivity index (χ1) is 21.5. The van der Waals surface area contributed by atoms with Crippen LogP contribution in [0.15, 0.2) is 66.7 Å². The fraction of sp³-hybridized carbons (Fsp3) is 0.444. The largest absolute Gasteiger partial charge is 0.493 e. The van der Waals surface area contributed by atoms with Crippen molar-refractivity contribution < 1.29 is 23.8 Å². The second-order valence-corrected chi connectivity index (χ2v) is 11.6. The number of carbonyl (C=O) groups is 2. The van der Waals surface area contributed by atoms with Gasteiger partial charge in [0.1, 0.15) is 6.10 Å². The van der Waals surface area contributed by atoms with Crippen LogP contribution in [0.2, 0.25) is 0 Å². The average molecular weight is 600 g/mol. The van der Waals surface area contributed by atoms with E-state index in [9.17, 15) is 9.59 Å². The highest BCUT2D eigenvalue weighted by Crippen LogP contribution is 2.46. The van der Waals surface area contributed by atoms with Gasteiger partial charge in [-0.2, -0.15) is 0 Å². The maximum absolute atomic E-state index is 14.3. The standard InChI is InChI=1S/C36H45N3O5/c1-5-6-7-13-22-37-36(41)44-34-25(2)39(35(40)27-20-21-31(42-3)32(24-27)43-4)30-19-11-9-17-28(30)33(34)38-23-14-12-16-26-15-8-10-18-29(26)38/h8-11,15,17-21,24-25,33-34H,5-7,12-14,16,22-23H2,1-4H3,(H,37,41). The van der Waals surface area contributed by atoms with Crippen LogP contribution in [-0.4, -0.2) is 51.5 Å². The third kappa shape index (κ3) is 6.49. The maximum Gasteiger partial charge on any atom is 0.407 e. The number of amides is 2. The SMILES string of the molecule is CCCCCCNC(=O)OC1C(N2CCCCc3ccccc32)c2ccccc2N(C(=O)c2ccc(OC)c(OC)c2)C1C. The molecule has 0 spiro atoms. The van der Waals surface area contributed by atoms with E-state index in [0.29, 0.717) is 23.6 Å². The predicted octanol–water partition coefficient (Wildman–Crippen LogP) is 7.31. The number of unbranched alkanes of at least 4 members (excludes halogenated alkanes) is 3. The molecule has 234 valence electrons. The Balaban J connectivity index is 1.56. The molecule has 0 saturated heterocycles. The molecule has 0 bridgehead atoms. The molecular formula is C36H45N3O5. The van der Waals surface area contributed by atoms with E-state index in [1.54, 1.807) is 37.3 Å². The summed E-state index contributed by atoms with van der Waals surface area (Å²) in [6.07, 6.45) is 6.26. The Hall–Kier alpha value is -4.20. The number of nitrogens with one attached hydrogen (secondary N) is 1. The molecule has 0 saturated carbocycles. The normalized spacial score (nSPS) is 19.3. The molecule has 2 heterocycles. The van der Waals surface area contributed by atoms with Crippen LogP contribution in [0.1, 0.15) is 79.9 Å². The van der Waals surface area contributed by atoms with Crippen LogP contribution in [0, 0.1) is 0 Å². The summed E-state index contributed by atoms with van der Waals surface area (Å²) in [6, 6.07) is 21.0. The zero-order chi connectivity index (χ0) is 31.1. The van der Waals surface area contributed by atoms with Crippen molar-refractivity contribution in [2.24, 2.45) is 0 Å². The molecule has 3 aromatic rings. The monoisotopic (exact) mass is 599 g/mol. The van der Waals surface area contributed by atoms with Crippen molar-refractivity contribution in [1.29, 1.82) is 0 Å². The molecule has 2 aliphatic rings. The van der Waals surface area contributed by atoms with Gasteiger partial charge in [-0.15, -0.1) is 0 Å². The van der Waals surface area contributed by atoms with Crippen molar-refractivity contribution in [2.45, 2.75) is 77.0 Å². The summed E-state index contributed by atoms with van der Waals surface area (Å²) in [5, 5.41) is 2.98. The molecule has 0 radical (unpaired) electrons. The van der Waals surface area contributed by atoms with Crippen LogP contribution >= 0.6 is 0 Å². The molecule has 0 fully saturated rings. The number of nitrogens with zero attached hydrogens (tertiary/aromatic N) is 2. The summed E-state index contributed by atoms with van der Waals surface area (Å²) >= 11 is 0. The second-order valence-electron chi connectivity index (χ2n) is 11.6. The van der Waals surface area contributed by atoms with Gasteiger partial charge in [-0.1, -0.05) is 62.6 Å². The van der Waals surface area contributed by atoms with Gasteiger partial charge in [0.15, 0.2) is 11.5 Å². The van der Waals surface area contributed by atoms with Crippen molar-refractivity contribution in [3.05, 3.63) is 83.4 Å². The highest BCUT2D eigenvalue weighted by atomic mass is 16.6. The number of para-hydroxylation sites is 2. The molecular weight excluding hydrogens is 554 g/mol. The lowest BCUT2D eigenvalue weighted by Crippen LogP contribution is -2.57. The minimum atomic E-state index is -0.629. The zero-order valence-corrected chi connectivity index (χ0v) is 26.4. The number of alkyl carbamates (subject to hydrolysis) is 1. The third-order valence-corrected chi connectivity index (χ3v) is 8.83. The highest BCUT2D eigenvalue weighted by Gasteiger charge is 2.47. The van der Waals surface area contributed by atoms with E-state index < -0.39 is 18.2 Å². The van der Waals surface area contributed by atoms with E-state index >= 15 is 0 Å². The number of methoxy groups -OCH3 is 2. The third-order valence-electron chi connectivity index (χ3n) is 8.83. The molecule has 0 aliphatic carbocycles. The van der Waals surface area contributed by atoms with Gasteiger partial charge >= 0.3 is 6.09 Å². The minimum Gasteiger partial charge on any atom is -0.493 e. The molecule has 0 aromatic heterocycles. The zero-order valence-electron chi connectivity index (χ0n) is 26.4. The quantitative estimate of drug-likeness (QED) is 0.246. The smallest absolute Gasteiger partial charge is 0.407 e. The number of fused-ring (bicyclic) bond motifs is 2. The van der Waals surface area contributed by atoms with Crippen LogP contribution in [-0.2, 0) is 11.2 Å². The lowest BCUT2D eigenvalue weighted by atomic mass is 9.86. The molecule has 2 amide bonds. The maximum atomic E-state index is 14.3. The van der Waals surface area contributed by atoms with Gasteiger partial charge < -0.3 is 29.3 Å². The van der Waals surface area contributed by atoms with E-state index in [1.807, 2.05) is 25.1 Å². The number of anilines is 2. The van der Waals surface area contributed by atoms with Gasteiger partial charge in [-0.25, -0.2) is 4.79 Å². The number of ether oxygens (including phenoxy) is 3. The van der Waals surface area contributed by atoms with E-state index in [4.69, 9.17) is 14.2 Å². The Morgan fingerprint density at radius 3 is 2.41 bits per heavy atom. The fourth-order valence-electron chi connectivity index (χ4n) is 6.59. The fourth-order valence-corrected chi connectivity index (χ4v) is 6.59. The van der Waals surface area contributed by atoms with Gasteiger partial charge in [0.25, 0.3) is 5.91 Å². The Kier molecular flexibility index (Phi) is 10.3. The van der Waals surface area contributed by atoms with Gasteiger partial charge in [0, 0.05) is 35.6 Å². The van der Waals surface area contributed by atoms with Crippen molar-refractivity contribution in [3.8, 4) is 11.5 Å². The molecule has 8 nitrogen and oxygen atoms in total. The Morgan fingerprint density at radius 2 is 1.64 bits per heavy atom. The summed E-state index contributed by atoms with van der Waals surface area (Å²) in [5.74, 6) is 0.827. The van der Waals surface area contributed by atoms with Crippen molar-refractivity contribution in [1.82, 2.24) is 5.32 Å². The minimum absolute atomic E-state index is 0.200. The van der Waals surface area contributed by atoms with Crippen LogP contribution in [0.3, 0.4) is 0 Å². The van der Waals surface area contributed by atoms with Crippen molar-refractivity contribution in [3.63, 3.8) is 0 Å². The van der Waals surface area contributed by atoms with Crippen LogP contribution in [0.4, 0.5) is 16.2 Å². The summed E-state index contributed by atoms with van der Waals surface area (Å²) in [4.78, 5) is 31.9. The lowest BCUT2D eigenvalue weighted by molar-refractivity contribution is 0.0578. The number of rotatable bonds is 10. The molecule has 3 unspecified atom stereocenters. The van der Waals surface area contributed by atoms with Gasteiger partial charge in [0.05, 0.1) is 26.3 Å². The van der Waals surface area contributed by atoms with Crippen molar-refractivity contribution >= 4 is 23.4 Å². The summed E-state index contributed by atoms with van der Waals surface area (Å²) in [7, 11) is 3.12. The van der Waals surface area contributed by atoms with E-state index in [1.165, 1.54) is 5.56 Å². The molecule has 2 aliphatic heterocycles. The van der Waals surface area contributed by atoms with Crippen LogP contribution in [0.25, 0.3) is 0 Å². The van der Waals surface area contributed by atoms with E-state index in [0.717, 1.165) is 68.4 Å². The number of hydrogen-bond donors (Lipinski definition) is 1. The highest BCUT2D eigenvalue weighted by molar-refractivity contribution is 6.08. The number of benzene rings is 3. The Morgan fingerprint density at radius 1 is 0.886 bits per heavy atom. The predicted molar refractivity (Wildman–Crippen MR) is 174 cm³/mol. The molecule has 1 N–H and O–H groups in total. The van der Waals surface area contributed by atoms with Gasteiger partial charge in [0.2, 0.25) is 0 Å². The summed E-state index contributed by atoms with van der Waals surface area (Å²) in [6.45, 7) is 5.53. The van der Waals surface area contributed by atoms with Gasteiger partial charge in [-0.05, 0) is 68.5 Å². The number of carbonyl (C=O) groups excluding carboxylic acids is 2. The molecule has 3 aromatic carbocycles. The summed E-state index contributed by atoms with van der Waals surface area (Å²) < 4.78 is 17.3. The molecule has 44 heavy (non-hydrogen) atoms. The lowest BCUT2D eigenvalue weighted by Gasteiger charge is -2.48. The topological polar surface area (TPSA) is 80.3 Å². The second kappa shape index (κ2) is 14.5. The Labute approximate surface area is 261 Å².